The zero-order valence-corrected chi connectivity index (χ0v) is 13.3. The Labute approximate surface area is 131 Å². The summed E-state index contributed by atoms with van der Waals surface area (Å²) < 4.78 is 14.4. The van der Waals surface area contributed by atoms with Crippen LogP contribution in [0.3, 0.4) is 0 Å². The van der Waals surface area contributed by atoms with E-state index < -0.39 is 0 Å². The first kappa shape index (κ1) is 13.5. The van der Waals surface area contributed by atoms with Crippen LogP contribution in [0.25, 0.3) is 0 Å². The minimum atomic E-state index is -0.230. The predicted molar refractivity (Wildman–Crippen MR) is 90.2 cm³/mol. The number of para-hydroxylation sites is 2. The first-order valence-corrected chi connectivity index (χ1v) is 7.48. The van der Waals surface area contributed by atoms with E-state index in [0.29, 0.717) is 9.26 Å². The molecule has 2 N–H and O–H groups in total. The van der Waals surface area contributed by atoms with Crippen molar-refractivity contribution in [3.63, 3.8) is 0 Å². The number of halogens is 2. The number of rotatable bonds is 1. The maximum absolute atomic E-state index is 13.9. The van der Waals surface area contributed by atoms with Crippen LogP contribution in [0.15, 0.2) is 36.4 Å². The summed E-state index contributed by atoms with van der Waals surface area (Å²) in [6.45, 7) is 1.67. The van der Waals surface area contributed by atoms with E-state index in [1.807, 2.05) is 40.8 Å². The second kappa shape index (κ2) is 5.12. The number of hydrogen-bond donors (Lipinski definition) is 1. The van der Waals surface area contributed by atoms with E-state index in [9.17, 15) is 4.39 Å². The van der Waals surface area contributed by atoms with Crippen molar-refractivity contribution in [2.24, 2.45) is 0 Å². The molecule has 0 spiro atoms. The van der Waals surface area contributed by atoms with Gasteiger partial charge in [0.1, 0.15) is 5.82 Å². The van der Waals surface area contributed by atoms with Crippen LogP contribution in [0.2, 0.25) is 0 Å². The maximum atomic E-state index is 13.9. The van der Waals surface area contributed by atoms with E-state index >= 15 is 0 Å². The van der Waals surface area contributed by atoms with E-state index in [1.54, 1.807) is 6.07 Å². The monoisotopic (exact) mass is 383 g/mol. The number of anilines is 4. The molecule has 0 atom stereocenters. The summed E-state index contributed by atoms with van der Waals surface area (Å²) in [4.78, 5) is 4.29. The lowest BCUT2D eigenvalue weighted by atomic mass is 10.1. The summed E-state index contributed by atoms with van der Waals surface area (Å²) in [5, 5.41) is 0. The zero-order chi connectivity index (χ0) is 14.3. The van der Waals surface area contributed by atoms with Crippen molar-refractivity contribution in [1.82, 2.24) is 0 Å². The van der Waals surface area contributed by atoms with E-state index in [4.69, 9.17) is 5.73 Å². The average Bonchev–Trinajstić information content (AvgIpc) is 2.44. The van der Waals surface area contributed by atoms with Gasteiger partial charge in [0.2, 0.25) is 0 Å². The highest BCUT2D eigenvalue weighted by molar-refractivity contribution is 14.1. The Bertz CT molecular complexity index is 660. The van der Waals surface area contributed by atoms with Crippen molar-refractivity contribution in [2.45, 2.75) is 0 Å². The molecule has 0 saturated heterocycles. The number of fused-ring (bicyclic) bond motifs is 1. The Morgan fingerprint density at radius 3 is 2.55 bits per heavy atom. The molecule has 1 heterocycles. The summed E-state index contributed by atoms with van der Waals surface area (Å²) >= 11 is 1.96. The van der Waals surface area contributed by atoms with Crippen molar-refractivity contribution in [3.05, 3.63) is 45.8 Å². The van der Waals surface area contributed by atoms with Crippen molar-refractivity contribution >= 4 is 45.3 Å². The third-order valence-corrected chi connectivity index (χ3v) is 4.43. The highest BCUT2D eigenvalue weighted by Crippen LogP contribution is 2.39. The van der Waals surface area contributed by atoms with Crippen LogP contribution in [0.4, 0.5) is 27.1 Å². The van der Waals surface area contributed by atoms with Gasteiger partial charge in [-0.15, -0.1) is 0 Å². The lowest BCUT2D eigenvalue weighted by molar-refractivity contribution is 0.620. The number of nitrogen functional groups attached to an aromatic ring is 1. The molecule has 20 heavy (non-hydrogen) atoms. The second-order valence-electron chi connectivity index (χ2n) is 4.89. The van der Waals surface area contributed by atoms with E-state index in [-0.39, 0.29) is 5.82 Å². The van der Waals surface area contributed by atoms with Gasteiger partial charge in [0.05, 0.1) is 26.3 Å². The molecule has 0 radical (unpaired) electrons. The zero-order valence-electron chi connectivity index (χ0n) is 11.1. The van der Waals surface area contributed by atoms with Gasteiger partial charge in [0.15, 0.2) is 0 Å². The van der Waals surface area contributed by atoms with Gasteiger partial charge in [-0.25, -0.2) is 4.39 Å². The van der Waals surface area contributed by atoms with Crippen molar-refractivity contribution in [3.8, 4) is 0 Å². The van der Waals surface area contributed by atoms with Gasteiger partial charge >= 0.3 is 0 Å². The van der Waals surface area contributed by atoms with Crippen molar-refractivity contribution in [2.75, 3.05) is 35.7 Å². The predicted octanol–water partition coefficient (Wildman–Crippen LogP) is 3.60. The molecule has 3 rings (SSSR count). The molecule has 5 heteroatoms. The van der Waals surface area contributed by atoms with E-state index in [2.05, 4.69) is 22.9 Å². The SMILES string of the molecule is CN1CCN(c2cc(F)c(I)cc2N)c2ccccc21. The van der Waals surface area contributed by atoms with Crippen molar-refractivity contribution < 1.29 is 4.39 Å². The largest absolute Gasteiger partial charge is 0.397 e. The summed E-state index contributed by atoms with van der Waals surface area (Å²) in [7, 11) is 2.06. The Hall–Kier alpha value is -1.50. The molecule has 0 saturated carbocycles. The molecule has 1 aliphatic rings. The van der Waals surface area contributed by atoms with Crippen LogP contribution in [-0.2, 0) is 0 Å². The Morgan fingerprint density at radius 1 is 1.10 bits per heavy atom. The molecule has 0 bridgehead atoms. The lowest BCUT2D eigenvalue weighted by Crippen LogP contribution is -2.36. The van der Waals surface area contributed by atoms with Crippen LogP contribution in [0.1, 0.15) is 0 Å². The van der Waals surface area contributed by atoms with Crippen LogP contribution in [0, 0.1) is 9.39 Å². The summed E-state index contributed by atoms with van der Waals surface area (Å²) in [6.07, 6.45) is 0. The Balaban J connectivity index is 2.12. The number of likely N-dealkylation sites (N-methyl/N-ethyl adjacent to an activating group) is 1. The topological polar surface area (TPSA) is 32.5 Å². The quantitative estimate of drug-likeness (QED) is 0.604. The molecule has 0 aliphatic carbocycles. The smallest absolute Gasteiger partial charge is 0.138 e. The van der Waals surface area contributed by atoms with Gasteiger partial charge < -0.3 is 15.5 Å². The Morgan fingerprint density at radius 2 is 1.80 bits per heavy atom. The van der Waals surface area contributed by atoms with Gasteiger partial charge in [-0.2, -0.15) is 0 Å². The highest BCUT2D eigenvalue weighted by Gasteiger charge is 2.23. The molecule has 1 aliphatic heterocycles. The number of hydrogen-bond acceptors (Lipinski definition) is 3. The van der Waals surface area contributed by atoms with E-state index in [1.165, 1.54) is 6.07 Å². The molecule has 104 valence electrons. The first-order valence-electron chi connectivity index (χ1n) is 6.40. The number of benzene rings is 2. The Kier molecular flexibility index (Phi) is 3.45. The maximum Gasteiger partial charge on any atom is 0.138 e. The lowest BCUT2D eigenvalue weighted by Gasteiger charge is -2.37. The van der Waals surface area contributed by atoms with Gasteiger partial charge in [0, 0.05) is 26.2 Å². The van der Waals surface area contributed by atoms with Crippen LogP contribution in [0.5, 0.6) is 0 Å². The van der Waals surface area contributed by atoms with Gasteiger partial charge in [-0.1, -0.05) is 12.1 Å². The molecule has 0 unspecified atom stereocenters. The normalized spacial score (nSPS) is 14.3. The minimum absolute atomic E-state index is 0.230. The summed E-state index contributed by atoms with van der Waals surface area (Å²) in [5.41, 5.74) is 9.63. The highest BCUT2D eigenvalue weighted by atomic mass is 127. The molecule has 3 nitrogen and oxygen atoms in total. The number of nitrogens with two attached hydrogens (primary N) is 1. The molecular weight excluding hydrogens is 368 g/mol. The summed E-state index contributed by atoms with van der Waals surface area (Å²) in [5.74, 6) is -0.230. The standard InChI is InChI=1S/C15H15FIN3/c1-19-6-7-20(14-5-3-2-4-13(14)19)15-8-10(16)11(17)9-12(15)18/h2-5,8-9H,6-7,18H2,1H3. The molecule has 0 aromatic heterocycles. The average molecular weight is 383 g/mol. The molecule has 0 fully saturated rings. The van der Waals surface area contributed by atoms with Crippen LogP contribution >= 0.6 is 22.6 Å². The third kappa shape index (κ3) is 2.19. The minimum Gasteiger partial charge on any atom is -0.397 e. The van der Waals surface area contributed by atoms with Gasteiger partial charge in [-0.3, -0.25) is 0 Å². The molecule has 2 aromatic carbocycles. The fraction of sp³-hybridized carbons (Fsp3) is 0.200. The van der Waals surface area contributed by atoms with Gasteiger partial charge in [-0.05, 0) is 40.8 Å². The van der Waals surface area contributed by atoms with Crippen LogP contribution in [-0.4, -0.2) is 20.1 Å². The molecular formula is C15H15FIN3. The molecule has 2 aromatic rings. The number of nitrogens with zero attached hydrogens (tertiary/aromatic N) is 2. The van der Waals surface area contributed by atoms with Crippen molar-refractivity contribution in [1.29, 1.82) is 0 Å². The molecule has 0 amide bonds. The van der Waals surface area contributed by atoms with E-state index in [0.717, 1.165) is 30.2 Å². The fourth-order valence-electron chi connectivity index (χ4n) is 2.54. The van der Waals surface area contributed by atoms with Crippen LogP contribution < -0.4 is 15.5 Å². The second-order valence-corrected chi connectivity index (χ2v) is 6.05. The van der Waals surface area contributed by atoms with Gasteiger partial charge in [0.25, 0.3) is 0 Å². The fourth-order valence-corrected chi connectivity index (χ4v) is 3.03. The third-order valence-electron chi connectivity index (χ3n) is 3.60. The summed E-state index contributed by atoms with van der Waals surface area (Å²) in [6, 6.07) is 11.3. The first-order chi connectivity index (χ1) is 9.58.